The molecule has 1 heterocycles. The number of rotatable bonds is 1. The fourth-order valence-electron chi connectivity index (χ4n) is 1.78. The smallest absolute Gasteiger partial charge is 0.221 e. The van der Waals surface area contributed by atoms with Gasteiger partial charge >= 0.3 is 0 Å². The number of methoxy groups -OCH3 is 1. The number of fused-ring (bicyclic) bond motifs is 1. The molecule has 0 saturated heterocycles. The van der Waals surface area contributed by atoms with Gasteiger partial charge in [-0.05, 0) is 42.5 Å². The van der Waals surface area contributed by atoms with Crippen molar-refractivity contribution >= 4 is 10.8 Å². The summed E-state index contributed by atoms with van der Waals surface area (Å²) < 4.78 is 18.8. The molecular formula is C12H12FNO. The molecule has 0 amide bonds. The van der Waals surface area contributed by atoms with Crippen LogP contribution in [0.2, 0.25) is 0 Å². The predicted octanol–water partition coefficient (Wildman–Crippen LogP) is 3.00. The SMILES string of the molecule is COc1nccc2c(C)c(F)c(C)cc12. The van der Waals surface area contributed by atoms with E-state index in [1.54, 1.807) is 39.3 Å². The number of hydrogen-bond donors (Lipinski definition) is 0. The van der Waals surface area contributed by atoms with E-state index in [0.29, 0.717) is 17.0 Å². The molecule has 0 spiro atoms. The second-order valence-electron chi connectivity index (χ2n) is 3.55. The normalized spacial score (nSPS) is 10.7. The van der Waals surface area contributed by atoms with Gasteiger partial charge in [-0.1, -0.05) is 0 Å². The van der Waals surface area contributed by atoms with Crippen LogP contribution in [0.1, 0.15) is 11.1 Å². The van der Waals surface area contributed by atoms with Crippen molar-refractivity contribution in [2.24, 2.45) is 0 Å². The van der Waals surface area contributed by atoms with Crippen molar-refractivity contribution in [3.8, 4) is 5.88 Å². The Morgan fingerprint density at radius 1 is 1.27 bits per heavy atom. The molecular weight excluding hydrogens is 193 g/mol. The average Bonchev–Trinajstić information content (AvgIpc) is 2.25. The minimum absolute atomic E-state index is 0.157. The maximum absolute atomic E-state index is 13.6. The fourth-order valence-corrected chi connectivity index (χ4v) is 1.78. The average molecular weight is 205 g/mol. The fraction of sp³-hybridized carbons (Fsp3) is 0.250. The Bertz CT molecular complexity index is 523. The molecule has 2 aromatic rings. The number of halogens is 1. The van der Waals surface area contributed by atoms with Gasteiger partial charge in [0.1, 0.15) is 5.82 Å². The van der Waals surface area contributed by atoms with E-state index in [2.05, 4.69) is 4.98 Å². The van der Waals surface area contributed by atoms with Crippen LogP contribution in [0.4, 0.5) is 4.39 Å². The summed E-state index contributed by atoms with van der Waals surface area (Å²) in [5.74, 6) is 0.384. The van der Waals surface area contributed by atoms with Gasteiger partial charge in [-0.3, -0.25) is 0 Å². The minimum atomic E-state index is -0.157. The molecule has 0 fully saturated rings. The number of aromatic nitrogens is 1. The zero-order valence-corrected chi connectivity index (χ0v) is 8.97. The van der Waals surface area contributed by atoms with E-state index in [4.69, 9.17) is 4.74 Å². The summed E-state index contributed by atoms with van der Waals surface area (Å²) >= 11 is 0. The monoisotopic (exact) mass is 205 g/mol. The van der Waals surface area contributed by atoms with Crippen molar-refractivity contribution in [2.75, 3.05) is 7.11 Å². The summed E-state index contributed by atoms with van der Waals surface area (Å²) in [5.41, 5.74) is 1.26. The van der Waals surface area contributed by atoms with E-state index in [1.807, 2.05) is 0 Å². The molecule has 1 aromatic carbocycles. The van der Waals surface area contributed by atoms with Gasteiger partial charge in [0.25, 0.3) is 0 Å². The molecule has 0 aliphatic carbocycles. The first-order valence-electron chi connectivity index (χ1n) is 4.73. The molecule has 3 heteroatoms. The molecule has 0 atom stereocenters. The van der Waals surface area contributed by atoms with Gasteiger partial charge in [0.2, 0.25) is 5.88 Å². The Labute approximate surface area is 87.7 Å². The van der Waals surface area contributed by atoms with Crippen molar-refractivity contribution in [2.45, 2.75) is 13.8 Å². The highest BCUT2D eigenvalue weighted by Crippen LogP contribution is 2.28. The first kappa shape index (κ1) is 9.90. The van der Waals surface area contributed by atoms with Crippen LogP contribution in [0, 0.1) is 19.7 Å². The Morgan fingerprint density at radius 2 is 2.00 bits per heavy atom. The second kappa shape index (κ2) is 3.50. The summed E-state index contributed by atoms with van der Waals surface area (Å²) in [4.78, 5) is 4.09. The van der Waals surface area contributed by atoms with Crippen LogP contribution in [0.5, 0.6) is 5.88 Å². The summed E-state index contributed by atoms with van der Waals surface area (Å²) in [5, 5.41) is 1.71. The number of aryl methyl sites for hydroxylation is 2. The van der Waals surface area contributed by atoms with Crippen molar-refractivity contribution < 1.29 is 9.13 Å². The van der Waals surface area contributed by atoms with Crippen LogP contribution in [0.25, 0.3) is 10.8 Å². The number of nitrogens with zero attached hydrogens (tertiary/aromatic N) is 1. The van der Waals surface area contributed by atoms with E-state index < -0.39 is 0 Å². The van der Waals surface area contributed by atoms with E-state index in [1.165, 1.54) is 0 Å². The summed E-state index contributed by atoms with van der Waals surface area (Å²) in [6, 6.07) is 3.57. The largest absolute Gasteiger partial charge is 0.481 e. The van der Waals surface area contributed by atoms with Crippen molar-refractivity contribution in [3.63, 3.8) is 0 Å². The molecule has 78 valence electrons. The standard InChI is InChI=1S/C12H12FNO/c1-7-6-10-9(8(2)11(7)13)4-5-14-12(10)15-3/h4-6H,1-3H3. The van der Waals surface area contributed by atoms with Crippen LogP contribution < -0.4 is 4.74 Å². The lowest BCUT2D eigenvalue weighted by Crippen LogP contribution is -1.94. The van der Waals surface area contributed by atoms with Crippen LogP contribution >= 0.6 is 0 Å². The molecule has 0 aliphatic rings. The third-order valence-electron chi connectivity index (χ3n) is 2.59. The van der Waals surface area contributed by atoms with Gasteiger partial charge in [0.05, 0.1) is 7.11 Å². The summed E-state index contributed by atoms with van der Waals surface area (Å²) in [6.45, 7) is 3.51. The van der Waals surface area contributed by atoms with Gasteiger partial charge < -0.3 is 4.74 Å². The third-order valence-corrected chi connectivity index (χ3v) is 2.59. The van der Waals surface area contributed by atoms with Gasteiger partial charge in [-0.25, -0.2) is 9.37 Å². The first-order chi connectivity index (χ1) is 7.15. The quantitative estimate of drug-likeness (QED) is 0.714. The van der Waals surface area contributed by atoms with Crippen molar-refractivity contribution in [1.82, 2.24) is 4.98 Å². The van der Waals surface area contributed by atoms with E-state index in [0.717, 1.165) is 10.8 Å². The molecule has 15 heavy (non-hydrogen) atoms. The van der Waals surface area contributed by atoms with Gasteiger partial charge in [-0.2, -0.15) is 0 Å². The Kier molecular flexibility index (Phi) is 2.31. The van der Waals surface area contributed by atoms with Gasteiger partial charge in [0.15, 0.2) is 0 Å². The molecule has 0 aliphatic heterocycles. The third kappa shape index (κ3) is 1.44. The van der Waals surface area contributed by atoms with Crippen LogP contribution in [-0.2, 0) is 0 Å². The lowest BCUT2D eigenvalue weighted by atomic mass is 10.0. The van der Waals surface area contributed by atoms with Crippen LogP contribution in [0.3, 0.4) is 0 Å². The van der Waals surface area contributed by atoms with Gasteiger partial charge in [0, 0.05) is 11.6 Å². The lowest BCUT2D eigenvalue weighted by molar-refractivity contribution is 0.403. The molecule has 0 N–H and O–H groups in total. The summed E-state index contributed by atoms with van der Waals surface area (Å²) in [6.07, 6.45) is 1.63. The Morgan fingerprint density at radius 3 is 2.67 bits per heavy atom. The van der Waals surface area contributed by atoms with E-state index >= 15 is 0 Å². The van der Waals surface area contributed by atoms with Crippen LogP contribution in [0.15, 0.2) is 18.3 Å². The summed E-state index contributed by atoms with van der Waals surface area (Å²) in [7, 11) is 1.57. The van der Waals surface area contributed by atoms with Gasteiger partial charge in [-0.15, -0.1) is 0 Å². The molecule has 0 radical (unpaired) electrons. The lowest BCUT2D eigenvalue weighted by Gasteiger charge is -2.09. The Balaban J connectivity index is 2.91. The number of ether oxygens (including phenoxy) is 1. The zero-order valence-electron chi connectivity index (χ0n) is 8.97. The molecule has 2 nitrogen and oxygen atoms in total. The predicted molar refractivity (Wildman–Crippen MR) is 57.7 cm³/mol. The number of pyridine rings is 1. The molecule has 1 aromatic heterocycles. The maximum Gasteiger partial charge on any atom is 0.221 e. The maximum atomic E-state index is 13.6. The highest BCUT2D eigenvalue weighted by molar-refractivity contribution is 5.90. The highest BCUT2D eigenvalue weighted by Gasteiger charge is 2.10. The number of hydrogen-bond acceptors (Lipinski definition) is 2. The second-order valence-corrected chi connectivity index (χ2v) is 3.55. The zero-order chi connectivity index (χ0) is 11.0. The van der Waals surface area contributed by atoms with E-state index in [9.17, 15) is 4.39 Å². The topological polar surface area (TPSA) is 22.1 Å². The Hall–Kier alpha value is -1.64. The van der Waals surface area contributed by atoms with Crippen LogP contribution in [-0.4, -0.2) is 12.1 Å². The minimum Gasteiger partial charge on any atom is -0.481 e. The molecule has 0 unspecified atom stereocenters. The molecule has 2 rings (SSSR count). The molecule has 0 bridgehead atoms. The van der Waals surface area contributed by atoms with Crippen molar-refractivity contribution in [1.29, 1.82) is 0 Å². The molecule has 0 saturated carbocycles. The van der Waals surface area contributed by atoms with E-state index in [-0.39, 0.29) is 5.82 Å². The number of benzene rings is 1. The highest BCUT2D eigenvalue weighted by atomic mass is 19.1. The first-order valence-corrected chi connectivity index (χ1v) is 4.73. The van der Waals surface area contributed by atoms with Crippen molar-refractivity contribution in [3.05, 3.63) is 35.3 Å².